The molecular formula is C43H33N. The van der Waals surface area contributed by atoms with E-state index in [-0.39, 0.29) is 5.41 Å². The van der Waals surface area contributed by atoms with E-state index < -0.39 is 0 Å². The average molecular weight is 564 g/mol. The van der Waals surface area contributed by atoms with Crippen molar-refractivity contribution < 1.29 is 0 Å². The van der Waals surface area contributed by atoms with E-state index in [0.29, 0.717) is 0 Å². The molecule has 8 rings (SSSR count). The first-order valence-electron chi connectivity index (χ1n) is 15.4. The standard InChI is InChI=1S/C43H33N/c1-43(2)41-24-9-8-22-39(41)40-26-25-36(29-42(40)43)44(34-18-4-3-5-19-34)35-20-11-16-32(28-35)31-15-10-17-33(27-31)38-23-12-14-30-13-6-7-21-37(30)38/h3-29H,1-2H3. The van der Waals surface area contributed by atoms with Crippen molar-refractivity contribution in [3.05, 3.63) is 175 Å². The predicted octanol–water partition coefficient (Wildman–Crippen LogP) is 11.9. The van der Waals surface area contributed by atoms with Crippen molar-refractivity contribution in [1.29, 1.82) is 0 Å². The molecule has 0 fully saturated rings. The van der Waals surface area contributed by atoms with Crippen LogP contribution < -0.4 is 4.90 Å². The van der Waals surface area contributed by atoms with E-state index in [1.807, 2.05) is 0 Å². The van der Waals surface area contributed by atoms with Gasteiger partial charge in [-0.15, -0.1) is 0 Å². The summed E-state index contributed by atoms with van der Waals surface area (Å²) in [4.78, 5) is 2.39. The molecule has 0 unspecified atom stereocenters. The fourth-order valence-electron chi connectivity index (χ4n) is 7.02. The van der Waals surface area contributed by atoms with Crippen LogP contribution in [0.25, 0.3) is 44.2 Å². The lowest BCUT2D eigenvalue weighted by atomic mass is 9.82. The van der Waals surface area contributed by atoms with Gasteiger partial charge >= 0.3 is 0 Å². The molecule has 0 saturated carbocycles. The second-order valence-electron chi connectivity index (χ2n) is 12.2. The normalized spacial score (nSPS) is 13.0. The van der Waals surface area contributed by atoms with Gasteiger partial charge in [-0.05, 0) is 97.7 Å². The van der Waals surface area contributed by atoms with Crippen molar-refractivity contribution in [3.63, 3.8) is 0 Å². The molecule has 1 aliphatic carbocycles. The van der Waals surface area contributed by atoms with Gasteiger partial charge in [0.15, 0.2) is 0 Å². The summed E-state index contributed by atoms with van der Waals surface area (Å²) in [5.41, 5.74) is 13.7. The summed E-state index contributed by atoms with van der Waals surface area (Å²) in [6.07, 6.45) is 0. The maximum atomic E-state index is 2.40. The van der Waals surface area contributed by atoms with Gasteiger partial charge in [0.05, 0.1) is 0 Å². The van der Waals surface area contributed by atoms with Crippen LogP contribution in [0.3, 0.4) is 0 Å². The van der Waals surface area contributed by atoms with Crippen LogP contribution in [0.5, 0.6) is 0 Å². The summed E-state index contributed by atoms with van der Waals surface area (Å²) in [6.45, 7) is 4.69. The number of fused-ring (bicyclic) bond motifs is 4. The third-order valence-corrected chi connectivity index (χ3v) is 9.24. The zero-order valence-corrected chi connectivity index (χ0v) is 25.0. The maximum Gasteiger partial charge on any atom is 0.0467 e. The monoisotopic (exact) mass is 563 g/mol. The molecule has 0 heterocycles. The molecule has 44 heavy (non-hydrogen) atoms. The summed E-state index contributed by atoms with van der Waals surface area (Å²) >= 11 is 0. The summed E-state index contributed by atoms with van der Waals surface area (Å²) in [5.74, 6) is 0. The lowest BCUT2D eigenvalue weighted by molar-refractivity contribution is 0.660. The number of nitrogens with zero attached hydrogens (tertiary/aromatic N) is 1. The molecule has 0 spiro atoms. The molecule has 0 aromatic heterocycles. The minimum absolute atomic E-state index is 0.0613. The van der Waals surface area contributed by atoms with E-state index >= 15 is 0 Å². The molecule has 0 bridgehead atoms. The van der Waals surface area contributed by atoms with Crippen LogP contribution in [0.15, 0.2) is 164 Å². The van der Waals surface area contributed by atoms with Crippen molar-refractivity contribution in [2.45, 2.75) is 19.3 Å². The van der Waals surface area contributed by atoms with Crippen molar-refractivity contribution in [2.75, 3.05) is 4.90 Å². The first kappa shape index (κ1) is 26.2. The Morgan fingerprint density at radius 3 is 1.86 bits per heavy atom. The summed E-state index contributed by atoms with van der Waals surface area (Å²) in [5, 5.41) is 2.54. The van der Waals surface area contributed by atoms with Gasteiger partial charge in [0.2, 0.25) is 0 Å². The largest absolute Gasteiger partial charge is 0.310 e. The number of hydrogen-bond donors (Lipinski definition) is 0. The van der Waals surface area contributed by atoms with Gasteiger partial charge in [-0.1, -0.05) is 135 Å². The minimum Gasteiger partial charge on any atom is -0.310 e. The van der Waals surface area contributed by atoms with Gasteiger partial charge in [-0.25, -0.2) is 0 Å². The molecule has 0 saturated heterocycles. The fourth-order valence-corrected chi connectivity index (χ4v) is 7.02. The third-order valence-electron chi connectivity index (χ3n) is 9.24. The second kappa shape index (κ2) is 10.4. The van der Waals surface area contributed by atoms with Crippen LogP contribution >= 0.6 is 0 Å². The van der Waals surface area contributed by atoms with Gasteiger partial charge < -0.3 is 4.90 Å². The SMILES string of the molecule is CC1(C)c2ccccc2-c2ccc(N(c3ccccc3)c3cccc(-c4cccc(-c5cccc6ccccc56)c4)c3)cc21. The molecule has 0 N–H and O–H groups in total. The van der Waals surface area contributed by atoms with E-state index in [0.717, 1.165) is 17.1 Å². The highest BCUT2D eigenvalue weighted by atomic mass is 15.1. The zero-order valence-electron chi connectivity index (χ0n) is 25.0. The molecule has 0 amide bonds. The molecule has 7 aromatic rings. The Morgan fingerprint density at radius 2 is 0.977 bits per heavy atom. The smallest absolute Gasteiger partial charge is 0.0467 e. The second-order valence-corrected chi connectivity index (χ2v) is 12.2. The third kappa shape index (κ3) is 4.32. The van der Waals surface area contributed by atoms with Crippen molar-refractivity contribution in [3.8, 4) is 33.4 Å². The highest BCUT2D eigenvalue weighted by molar-refractivity contribution is 5.97. The van der Waals surface area contributed by atoms with Gasteiger partial charge in [-0.2, -0.15) is 0 Å². The van der Waals surface area contributed by atoms with Gasteiger partial charge in [0, 0.05) is 22.5 Å². The minimum atomic E-state index is -0.0613. The first-order valence-corrected chi connectivity index (χ1v) is 15.4. The van der Waals surface area contributed by atoms with Crippen molar-refractivity contribution in [2.24, 2.45) is 0 Å². The highest BCUT2D eigenvalue weighted by Crippen LogP contribution is 2.50. The first-order chi connectivity index (χ1) is 21.6. The molecule has 210 valence electrons. The number of hydrogen-bond acceptors (Lipinski definition) is 1. The summed E-state index contributed by atoms with van der Waals surface area (Å²) in [6, 6.07) is 59.6. The lowest BCUT2D eigenvalue weighted by Crippen LogP contribution is -2.16. The van der Waals surface area contributed by atoms with Gasteiger partial charge in [0.1, 0.15) is 0 Å². The quantitative estimate of drug-likeness (QED) is 0.201. The van der Waals surface area contributed by atoms with Gasteiger partial charge in [0.25, 0.3) is 0 Å². The van der Waals surface area contributed by atoms with Crippen molar-refractivity contribution >= 4 is 27.8 Å². The Labute approximate surface area is 259 Å². The van der Waals surface area contributed by atoms with Crippen LogP contribution in [-0.4, -0.2) is 0 Å². The van der Waals surface area contributed by atoms with Crippen molar-refractivity contribution in [1.82, 2.24) is 0 Å². The topological polar surface area (TPSA) is 3.24 Å². The van der Waals surface area contributed by atoms with Crippen LogP contribution in [-0.2, 0) is 5.41 Å². The van der Waals surface area contributed by atoms with Crippen LogP contribution in [0.4, 0.5) is 17.1 Å². The zero-order chi connectivity index (χ0) is 29.7. The molecular weight excluding hydrogens is 530 g/mol. The van der Waals surface area contributed by atoms with Gasteiger partial charge in [-0.3, -0.25) is 0 Å². The maximum absolute atomic E-state index is 2.40. The molecule has 0 aliphatic heterocycles. The Balaban J connectivity index is 1.24. The molecule has 0 atom stereocenters. The fraction of sp³-hybridized carbons (Fsp3) is 0.0698. The van der Waals surface area contributed by atoms with E-state index in [2.05, 4.69) is 183 Å². The summed E-state index contributed by atoms with van der Waals surface area (Å²) in [7, 11) is 0. The Kier molecular flexibility index (Phi) is 6.20. The molecule has 1 aliphatic rings. The number of rotatable bonds is 5. The Morgan fingerprint density at radius 1 is 0.386 bits per heavy atom. The Bertz CT molecular complexity index is 2150. The number of para-hydroxylation sites is 1. The molecule has 7 aromatic carbocycles. The highest BCUT2D eigenvalue weighted by Gasteiger charge is 2.35. The van der Waals surface area contributed by atoms with E-state index in [1.165, 1.54) is 55.3 Å². The number of benzene rings is 7. The van der Waals surface area contributed by atoms with E-state index in [9.17, 15) is 0 Å². The average Bonchev–Trinajstić information content (AvgIpc) is 3.31. The van der Waals surface area contributed by atoms with E-state index in [1.54, 1.807) is 0 Å². The van der Waals surface area contributed by atoms with Crippen LogP contribution in [0, 0.1) is 0 Å². The molecule has 0 radical (unpaired) electrons. The van der Waals surface area contributed by atoms with Crippen LogP contribution in [0.1, 0.15) is 25.0 Å². The lowest BCUT2D eigenvalue weighted by Gasteiger charge is -2.28. The predicted molar refractivity (Wildman–Crippen MR) is 187 cm³/mol. The molecule has 1 heteroatoms. The number of anilines is 3. The van der Waals surface area contributed by atoms with E-state index in [4.69, 9.17) is 0 Å². The Hall–Kier alpha value is -5.40. The molecule has 1 nitrogen and oxygen atoms in total. The summed E-state index contributed by atoms with van der Waals surface area (Å²) < 4.78 is 0. The van der Waals surface area contributed by atoms with Crippen LogP contribution in [0.2, 0.25) is 0 Å².